The highest BCUT2D eigenvalue weighted by molar-refractivity contribution is 7.92. The van der Waals surface area contributed by atoms with Crippen molar-refractivity contribution < 1.29 is 8.42 Å². The van der Waals surface area contributed by atoms with Gasteiger partial charge in [-0.3, -0.25) is 4.72 Å². The fourth-order valence-corrected chi connectivity index (χ4v) is 1.74. The predicted molar refractivity (Wildman–Crippen MR) is 52.7 cm³/mol. The van der Waals surface area contributed by atoms with Gasteiger partial charge in [0, 0.05) is 0 Å². The van der Waals surface area contributed by atoms with Gasteiger partial charge >= 0.3 is 0 Å². The van der Waals surface area contributed by atoms with Crippen LogP contribution in [0.25, 0.3) is 0 Å². The highest BCUT2D eigenvalue weighted by atomic mass is 35.5. The van der Waals surface area contributed by atoms with Crippen molar-refractivity contribution in [1.82, 2.24) is 4.98 Å². The van der Waals surface area contributed by atoms with Gasteiger partial charge in [-0.1, -0.05) is 23.2 Å². The van der Waals surface area contributed by atoms with Gasteiger partial charge < -0.3 is 0 Å². The first-order valence-corrected chi connectivity index (χ1v) is 5.82. The van der Waals surface area contributed by atoms with E-state index in [1.54, 1.807) is 0 Å². The van der Waals surface area contributed by atoms with Crippen molar-refractivity contribution >= 4 is 38.9 Å². The van der Waals surface area contributed by atoms with Gasteiger partial charge in [-0.15, -0.1) is 0 Å². The number of hydrogen-bond acceptors (Lipinski definition) is 3. The minimum Gasteiger partial charge on any atom is -0.284 e. The second kappa shape index (κ2) is 3.69. The smallest absolute Gasteiger partial charge is 0.229 e. The third-order valence-electron chi connectivity index (χ3n) is 1.07. The molecule has 72 valence electrons. The van der Waals surface area contributed by atoms with Crippen LogP contribution in [-0.4, -0.2) is 19.7 Å². The van der Waals surface area contributed by atoms with Crippen molar-refractivity contribution in [3.63, 3.8) is 0 Å². The Balaban J connectivity index is 3.03. The molecular formula is C6H6Cl2N2O2S. The van der Waals surface area contributed by atoms with Crippen molar-refractivity contribution in [3.05, 3.63) is 22.4 Å². The molecule has 0 aromatic carbocycles. The van der Waals surface area contributed by atoms with Gasteiger partial charge in [-0.25, -0.2) is 13.4 Å². The number of pyridine rings is 1. The molecule has 0 aliphatic carbocycles. The van der Waals surface area contributed by atoms with Gasteiger partial charge in [0.2, 0.25) is 10.0 Å². The average Bonchev–Trinajstić information content (AvgIpc) is 1.78. The summed E-state index contributed by atoms with van der Waals surface area (Å²) in [6, 6.07) is 2.74. The zero-order valence-corrected chi connectivity index (χ0v) is 8.91. The first-order chi connectivity index (χ1) is 5.87. The molecule has 4 nitrogen and oxygen atoms in total. The van der Waals surface area contributed by atoms with Gasteiger partial charge in [0.25, 0.3) is 0 Å². The molecule has 1 aromatic heterocycles. The molecule has 0 unspecified atom stereocenters. The molecule has 0 saturated heterocycles. The third-order valence-corrected chi connectivity index (χ3v) is 2.06. The van der Waals surface area contributed by atoms with Gasteiger partial charge in [-0.05, 0) is 12.1 Å². The molecule has 0 aliphatic rings. The summed E-state index contributed by atoms with van der Waals surface area (Å²) in [6.45, 7) is 0. The Morgan fingerprint density at radius 3 is 2.15 bits per heavy atom. The number of nitrogens with one attached hydrogen (secondary N) is 1. The van der Waals surface area contributed by atoms with Crippen LogP contribution in [0.1, 0.15) is 0 Å². The molecule has 0 saturated carbocycles. The zero-order chi connectivity index (χ0) is 10.1. The molecule has 0 atom stereocenters. The van der Waals surface area contributed by atoms with E-state index in [1.807, 2.05) is 0 Å². The molecule has 0 fully saturated rings. The minimum absolute atomic E-state index is 0.138. The van der Waals surface area contributed by atoms with Crippen LogP contribution in [0.3, 0.4) is 0 Å². The summed E-state index contributed by atoms with van der Waals surface area (Å²) in [5.74, 6) is 0. The Morgan fingerprint density at radius 2 is 1.77 bits per heavy atom. The van der Waals surface area contributed by atoms with Crippen LogP contribution < -0.4 is 4.72 Å². The fraction of sp³-hybridized carbons (Fsp3) is 0.167. The second-order valence-electron chi connectivity index (χ2n) is 2.38. The van der Waals surface area contributed by atoms with E-state index in [1.165, 1.54) is 12.1 Å². The molecule has 13 heavy (non-hydrogen) atoms. The van der Waals surface area contributed by atoms with Crippen molar-refractivity contribution in [3.8, 4) is 0 Å². The maximum absolute atomic E-state index is 10.8. The average molecular weight is 241 g/mol. The number of halogens is 2. The summed E-state index contributed by atoms with van der Waals surface area (Å²) in [5.41, 5.74) is 0.299. The molecule has 0 spiro atoms. The molecule has 7 heteroatoms. The number of aromatic nitrogens is 1. The molecule has 0 aliphatic heterocycles. The quantitative estimate of drug-likeness (QED) is 0.802. The van der Waals surface area contributed by atoms with Gasteiger partial charge in [0.15, 0.2) is 0 Å². The van der Waals surface area contributed by atoms with E-state index in [9.17, 15) is 8.42 Å². The van der Waals surface area contributed by atoms with Crippen LogP contribution in [0.2, 0.25) is 10.3 Å². The molecule has 0 bridgehead atoms. The summed E-state index contributed by atoms with van der Waals surface area (Å²) in [7, 11) is -3.31. The summed E-state index contributed by atoms with van der Waals surface area (Å²) < 4.78 is 23.8. The van der Waals surface area contributed by atoms with Crippen LogP contribution in [0.5, 0.6) is 0 Å². The lowest BCUT2D eigenvalue weighted by atomic mass is 10.4. The molecular weight excluding hydrogens is 235 g/mol. The van der Waals surface area contributed by atoms with E-state index in [2.05, 4.69) is 9.71 Å². The van der Waals surface area contributed by atoms with Crippen LogP contribution in [0.4, 0.5) is 5.69 Å². The van der Waals surface area contributed by atoms with Gasteiger partial charge in [0.1, 0.15) is 10.3 Å². The SMILES string of the molecule is CS(=O)(=O)Nc1cc(Cl)nc(Cl)c1. The molecule has 1 aromatic rings. The van der Waals surface area contributed by atoms with E-state index < -0.39 is 10.0 Å². The summed E-state index contributed by atoms with van der Waals surface area (Å²) in [4.78, 5) is 3.66. The number of hydrogen-bond donors (Lipinski definition) is 1. The summed E-state index contributed by atoms with van der Waals surface area (Å²) in [5, 5.41) is 0.275. The standard InChI is InChI=1S/C6H6Cl2N2O2S/c1-13(11,12)10-4-2-5(7)9-6(8)3-4/h2-3H,1H3,(H,9,10). The maximum atomic E-state index is 10.8. The van der Waals surface area contributed by atoms with Crippen molar-refractivity contribution in [2.75, 3.05) is 11.0 Å². The largest absolute Gasteiger partial charge is 0.284 e. The number of sulfonamides is 1. The molecule has 0 radical (unpaired) electrons. The third kappa shape index (κ3) is 3.80. The lowest BCUT2D eigenvalue weighted by molar-refractivity contribution is 0.607. The summed E-state index contributed by atoms with van der Waals surface area (Å²) >= 11 is 11.1. The van der Waals surface area contributed by atoms with Crippen LogP contribution >= 0.6 is 23.2 Å². The van der Waals surface area contributed by atoms with Gasteiger partial charge in [0.05, 0.1) is 11.9 Å². The number of anilines is 1. The van der Waals surface area contributed by atoms with Crippen molar-refractivity contribution in [1.29, 1.82) is 0 Å². The van der Waals surface area contributed by atoms with E-state index in [0.717, 1.165) is 6.26 Å². The first-order valence-electron chi connectivity index (χ1n) is 3.18. The van der Waals surface area contributed by atoms with Crippen LogP contribution in [0, 0.1) is 0 Å². The Hall–Kier alpha value is -0.520. The van der Waals surface area contributed by atoms with Crippen molar-refractivity contribution in [2.45, 2.75) is 0 Å². The summed E-state index contributed by atoms with van der Waals surface area (Å²) in [6.07, 6.45) is 1.04. The minimum atomic E-state index is -3.31. The van der Waals surface area contributed by atoms with Crippen molar-refractivity contribution in [2.24, 2.45) is 0 Å². The van der Waals surface area contributed by atoms with E-state index in [-0.39, 0.29) is 10.3 Å². The number of rotatable bonds is 2. The zero-order valence-electron chi connectivity index (χ0n) is 6.58. The van der Waals surface area contributed by atoms with Crippen LogP contribution in [0.15, 0.2) is 12.1 Å². The maximum Gasteiger partial charge on any atom is 0.229 e. The fourth-order valence-electron chi connectivity index (χ4n) is 0.738. The Kier molecular flexibility index (Phi) is 3.00. The van der Waals surface area contributed by atoms with E-state index >= 15 is 0 Å². The molecule has 1 N–H and O–H groups in total. The monoisotopic (exact) mass is 240 g/mol. The van der Waals surface area contributed by atoms with E-state index in [4.69, 9.17) is 23.2 Å². The van der Waals surface area contributed by atoms with E-state index in [0.29, 0.717) is 5.69 Å². The topological polar surface area (TPSA) is 59.1 Å². The molecule has 1 rings (SSSR count). The first kappa shape index (κ1) is 10.6. The number of nitrogens with zero attached hydrogens (tertiary/aromatic N) is 1. The second-order valence-corrected chi connectivity index (χ2v) is 4.90. The highest BCUT2D eigenvalue weighted by Gasteiger charge is 2.04. The Morgan fingerprint density at radius 1 is 1.31 bits per heavy atom. The Bertz CT molecular complexity index is 398. The molecule has 0 amide bonds. The van der Waals surface area contributed by atoms with Crippen LogP contribution in [-0.2, 0) is 10.0 Å². The molecule has 1 heterocycles. The van der Waals surface area contributed by atoms with Gasteiger partial charge in [-0.2, -0.15) is 0 Å². The highest BCUT2D eigenvalue weighted by Crippen LogP contribution is 2.19. The predicted octanol–water partition coefficient (Wildman–Crippen LogP) is 1.76. The lowest BCUT2D eigenvalue weighted by Crippen LogP contribution is -2.09. The lowest BCUT2D eigenvalue weighted by Gasteiger charge is -2.03. The normalized spacial score (nSPS) is 11.3. The Labute approximate surface area is 85.9 Å².